The van der Waals surface area contributed by atoms with Crippen molar-refractivity contribution in [2.24, 2.45) is 0 Å². The highest BCUT2D eigenvalue weighted by molar-refractivity contribution is 5.74. The molecule has 0 saturated carbocycles. The Bertz CT molecular complexity index is 286. The SMILES string of the molecule is CC(C)(C)c1cccnc1C=O. The minimum Gasteiger partial charge on any atom is -0.296 e. The van der Waals surface area contributed by atoms with Gasteiger partial charge in [-0.2, -0.15) is 0 Å². The predicted molar refractivity (Wildman–Crippen MR) is 48.3 cm³/mol. The van der Waals surface area contributed by atoms with Gasteiger partial charge in [0.2, 0.25) is 0 Å². The summed E-state index contributed by atoms with van der Waals surface area (Å²) >= 11 is 0. The van der Waals surface area contributed by atoms with Gasteiger partial charge in [0.15, 0.2) is 6.29 Å². The van der Waals surface area contributed by atoms with Crippen molar-refractivity contribution in [3.8, 4) is 0 Å². The van der Waals surface area contributed by atoms with Crippen molar-refractivity contribution in [3.05, 3.63) is 29.6 Å². The fourth-order valence-corrected chi connectivity index (χ4v) is 1.15. The van der Waals surface area contributed by atoms with Gasteiger partial charge in [-0.15, -0.1) is 0 Å². The third-order valence-corrected chi connectivity index (χ3v) is 1.76. The van der Waals surface area contributed by atoms with Gasteiger partial charge in [-0.1, -0.05) is 26.8 Å². The normalized spacial score (nSPS) is 11.2. The maximum Gasteiger partial charge on any atom is 0.168 e. The topological polar surface area (TPSA) is 30.0 Å². The van der Waals surface area contributed by atoms with Crippen molar-refractivity contribution in [1.29, 1.82) is 0 Å². The van der Waals surface area contributed by atoms with E-state index < -0.39 is 0 Å². The summed E-state index contributed by atoms with van der Waals surface area (Å²) in [5.74, 6) is 0. The van der Waals surface area contributed by atoms with Crippen molar-refractivity contribution in [2.75, 3.05) is 0 Å². The summed E-state index contributed by atoms with van der Waals surface area (Å²) in [7, 11) is 0. The molecule has 0 spiro atoms. The molecule has 0 N–H and O–H groups in total. The van der Waals surface area contributed by atoms with E-state index in [-0.39, 0.29) is 5.41 Å². The van der Waals surface area contributed by atoms with E-state index in [0.29, 0.717) is 5.69 Å². The van der Waals surface area contributed by atoms with E-state index in [9.17, 15) is 4.79 Å². The summed E-state index contributed by atoms with van der Waals surface area (Å²) in [5, 5.41) is 0. The van der Waals surface area contributed by atoms with Crippen molar-refractivity contribution >= 4 is 6.29 Å². The Morgan fingerprint density at radius 2 is 2.08 bits per heavy atom. The molecule has 0 fully saturated rings. The van der Waals surface area contributed by atoms with E-state index in [2.05, 4.69) is 25.8 Å². The highest BCUT2D eigenvalue weighted by atomic mass is 16.1. The van der Waals surface area contributed by atoms with Crippen LogP contribution in [0.3, 0.4) is 0 Å². The Morgan fingerprint density at radius 3 is 2.50 bits per heavy atom. The number of pyridine rings is 1. The Kier molecular flexibility index (Phi) is 2.27. The lowest BCUT2D eigenvalue weighted by Crippen LogP contribution is -2.14. The van der Waals surface area contributed by atoms with Gasteiger partial charge in [-0.25, -0.2) is 0 Å². The number of rotatable bonds is 1. The summed E-state index contributed by atoms with van der Waals surface area (Å²) < 4.78 is 0. The average molecular weight is 163 g/mol. The van der Waals surface area contributed by atoms with Crippen LogP contribution in [0.25, 0.3) is 0 Å². The molecule has 1 aromatic rings. The van der Waals surface area contributed by atoms with Gasteiger partial charge in [-0.05, 0) is 17.0 Å². The Morgan fingerprint density at radius 1 is 1.42 bits per heavy atom. The van der Waals surface area contributed by atoms with Gasteiger partial charge in [0.05, 0.1) is 0 Å². The van der Waals surface area contributed by atoms with Crippen LogP contribution in [0.4, 0.5) is 0 Å². The zero-order valence-corrected chi connectivity index (χ0v) is 7.66. The molecule has 1 rings (SSSR count). The van der Waals surface area contributed by atoms with Crippen molar-refractivity contribution in [3.63, 3.8) is 0 Å². The fraction of sp³-hybridized carbons (Fsp3) is 0.400. The van der Waals surface area contributed by atoms with E-state index >= 15 is 0 Å². The molecule has 0 bridgehead atoms. The van der Waals surface area contributed by atoms with Crippen LogP contribution in [0.1, 0.15) is 36.8 Å². The number of carbonyl (C=O) groups is 1. The van der Waals surface area contributed by atoms with Crippen molar-refractivity contribution in [2.45, 2.75) is 26.2 Å². The third-order valence-electron chi connectivity index (χ3n) is 1.76. The van der Waals surface area contributed by atoms with Crippen LogP contribution < -0.4 is 0 Å². The fourth-order valence-electron chi connectivity index (χ4n) is 1.15. The summed E-state index contributed by atoms with van der Waals surface area (Å²) in [5.41, 5.74) is 1.54. The van der Waals surface area contributed by atoms with Crippen molar-refractivity contribution < 1.29 is 4.79 Å². The first-order chi connectivity index (χ1) is 5.55. The Hall–Kier alpha value is -1.18. The zero-order chi connectivity index (χ0) is 9.19. The van der Waals surface area contributed by atoms with E-state index in [1.165, 1.54) is 0 Å². The van der Waals surface area contributed by atoms with Gasteiger partial charge in [0, 0.05) is 6.20 Å². The largest absolute Gasteiger partial charge is 0.296 e. The second-order valence-electron chi connectivity index (χ2n) is 3.80. The molecule has 0 aliphatic heterocycles. The maximum absolute atomic E-state index is 10.6. The molecular weight excluding hydrogens is 150 g/mol. The standard InChI is InChI=1S/C10H13NO/c1-10(2,3)8-5-4-6-11-9(8)7-12/h4-7H,1-3H3. The van der Waals surface area contributed by atoms with Crippen molar-refractivity contribution in [1.82, 2.24) is 4.98 Å². The molecule has 1 heterocycles. The molecule has 0 amide bonds. The summed E-state index contributed by atoms with van der Waals surface area (Å²) in [6.45, 7) is 6.20. The van der Waals surface area contributed by atoms with Crippen LogP contribution in [-0.4, -0.2) is 11.3 Å². The van der Waals surface area contributed by atoms with Crippen LogP contribution in [-0.2, 0) is 5.41 Å². The highest BCUT2D eigenvalue weighted by Gasteiger charge is 2.17. The minimum atomic E-state index is -0.00942. The van der Waals surface area contributed by atoms with E-state index in [4.69, 9.17) is 0 Å². The number of hydrogen-bond acceptors (Lipinski definition) is 2. The van der Waals surface area contributed by atoms with E-state index in [1.807, 2.05) is 12.1 Å². The predicted octanol–water partition coefficient (Wildman–Crippen LogP) is 2.19. The summed E-state index contributed by atoms with van der Waals surface area (Å²) in [4.78, 5) is 14.6. The molecule has 0 aromatic carbocycles. The highest BCUT2D eigenvalue weighted by Crippen LogP contribution is 2.23. The first-order valence-electron chi connectivity index (χ1n) is 3.96. The maximum atomic E-state index is 10.6. The quantitative estimate of drug-likeness (QED) is 0.594. The molecular formula is C10H13NO. The van der Waals surface area contributed by atoms with Gasteiger partial charge in [0.1, 0.15) is 5.69 Å². The second-order valence-corrected chi connectivity index (χ2v) is 3.80. The lowest BCUT2D eigenvalue weighted by atomic mass is 9.86. The molecule has 0 unspecified atom stereocenters. The monoisotopic (exact) mass is 163 g/mol. The van der Waals surface area contributed by atoms with E-state index in [1.54, 1.807) is 6.20 Å². The molecule has 1 aromatic heterocycles. The molecule has 0 aliphatic rings. The van der Waals surface area contributed by atoms with Gasteiger partial charge >= 0.3 is 0 Å². The number of aromatic nitrogens is 1. The average Bonchev–Trinajstić information content (AvgIpc) is 2.03. The molecule has 2 heteroatoms. The molecule has 0 atom stereocenters. The third kappa shape index (κ3) is 1.70. The Balaban J connectivity index is 3.23. The molecule has 12 heavy (non-hydrogen) atoms. The first kappa shape index (κ1) is 8.91. The zero-order valence-electron chi connectivity index (χ0n) is 7.66. The van der Waals surface area contributed by atoms with Crippen LogP contribution >= 0.6 is 0 Å². The van der Waals surface area contributed by atoms with Crippen LogP contribution in [0.15, 0.2) is 18.3 Å². The molecule has 64 valence electrons. The molecule has 0 radical (unpaired) electrons. The van der Waals surface area contributed by atoms with Gasteiger partial charge < -0.3 is 0 Å². The lowest BCUT2D eigenvalue weighted by Gasteiger charge is -2.19. The van der Waals surface area contributed by atoms with E-state index in [0.717, 1.165) is 11.8 Å². The number of carbonyl (C=O) groups excluding carboxylic acids is 1. The summed E-state index contributed by atoms with van der Waals surface area (Å²) in [6, 6.07) is 3.80. The molecule has 2 nitrogen and oxygen atoms in total. The Labute approximate surface area is 72.6 Å². The molecule has 0 saturated heterocycles. The number of hydrogen-bond donors (Lipinski definition) is 0. The van der Waals surface area contributed by atoms with Crippen LogP contribution in [0.2, 0.25) is 0 Å². The van der Waals surface area contributed by atoms with Crippen LogP contribution in [0, 0.1) is 0 Å². The second kappa shape index (κ2) is 3.05. The summed E-state index contributed by atoms with van der Waals surface area (Å²) in [6.07, 6.45) is 2.44. The van der Waals surface area contributed by atoms with Gasteiger partial charge in [-0.3, -0.25) is 9.78 Å². The number of aldehydes is 1. The smallest absolute Gasteiger partial charge is 0.168 e. The van der Waals surface area contributed by atoms with Gasteiger partial charge in [0.25, 0.3) is 0 Å². The lowest BCUT2D eigenvalue weighted by molar-refractivity contribution is 0.111. The first-order valence-corrected chi connectivity index (χ1v) is 3.96. The number of nitrogens with zero attached hydrogens (tertiary/aromatic N) is 1. The van der Waals surface area contributed by atoms with Crippen LogP contribution in [0.5, 0.6) is 0 Å². The molecule has 0 aliphatic carbocycles. The minimum absolute atomic E-state index is 0.00942.